The quantitative estimate of drug-likeness (QED) is 0.885. The van der Waals surface area contributed by atoms with Crippen LogP contribution in [0.5, 0.6) is 0 Å². The minimum absolute atomic E-state index is 0.0612. The highest BCUT2D eigenvalue weighted by Gasteiger charge is 2.30. The van der Waals surface area contributed by atoms with E-state index in [1.54, 1.807) is 0 Å². The van der Waals surface area contributed by atoms with Crippen molar-refractivity contribution in [2.24, 2.45) is 0 Å². The van der Waals surface area contributed by atoms with Crippen molar-refractivity contribution in [2.75, 3.05) is 19.8 Å². The first kappa shape index (κ1) is 12.7. The fourth-order valence-corrected chi connectivity index (χ4v) is 3.67. The third-order valence-electron chi connectivity index (χ3n) is 3.02. The van der Waals surface area contributed by atoms with Gasteiger partial charge in [0.05, 0.1) is 22.7 Å². The zero-order chi connectivity index (χ0) is 12.1. The van der Waals surface area contributed by atoms with Crippen molar-refractivity contribution < 1.29 is 8.95 Å². The first-order chi connectivity index (χ1) is 8.33. The summed E-state index contributed by atoms with van der Waals surface area (Å²) in [5.41, 5.74) is 0. The normalized spacial score (nSPS) is 26.6. The molecule has 3 atom stereocenters. The molecule has 0 aromatic heterocycles. The zero-order valence-electron chi connectivity index (χ0n) is 10.1. The summed E-state index contributed by atoms with van der Waals surface area (Å²) >= 11 is 0. The van der Waals surface area contributed by atoms with Crippen LogP contribution in [0.3, 0.4) is 0 Å². The van der Waals surface area contributed by atoms with E-state index in [0.29, 0.717) is 12.6 Å². The van der Waals surface area contributed by atoms with E-state index in [1.165, 1.54) is 0 Å². The summed E-state index contributed by atoms with van der Waals surface area (Å²) in [4.78, 5) is 0.894. The highest BCUT2D eigenvalue weighted by Crippen LogP contribution is 2.19. The van der Waals surface area contributed by atoms with E-state index in [0.717, 1.165) is 24.5 Å². The summed E-state index contributed by atoms with van der Waals surface area (Å²) in [6, 6.07) is 9.95. The van der Waals surface area contributed by atoms with Crippen molar-refractivity contribution in [1.29, 1.82) is 0 Å². The molecule has 3 nitrogen and oxygen atoms in total. The number of hydrogen-bond acceptors (Lipinski definition) is 3. The molecule has 1 saturated heterocycles. The van der Waals surface area contributed by atoms with E-state index >= 15 is 0 Å². The second kappa shape index (κ2) is 6.28. The Morgan fingerprint density at radius 2 is 2.18 bits per heavy atom. The molecule has 1 aliphatic heterocycles. The highest BCUT2D eigenvalue weighted by molar-refractivity contribution is 7.85. The van der Waals surface area contributed by atoms with Crippen molar-refractivity contribution in [1.82, 2.24) is 5.32 Å². The number of ether oxygens (including phenoxy) is 1. The second-order valence-corrected chi connectivity index (χ2v) is 5.85. The Kier molecular flexibility index (Phi) is 4.71. The molecular formula is C13H19NO2S. The van der Waals surface area contributed by atoms with Gasteiger partial charge in [-0.1, -0.05) is 25.1 Å². The summed E-state index contributed by atoms with van der Waals surface area (Å²) in [6.45, 7) is 4.34. The van der Waals surface area contributed by atoms with Crippen LogP contribution in [-0.2, 0) is 15.5 Å². The van der Waals surface area contributed by atoms with Crippen molar-refractivity contribution >= 4 is 10.8 Å². The standard InChI is InChI=1S/C13H19NO2S/c1-2-14-12-8-9-16-10-13(12)17(15)11-6-4-3-5-7-11/h3-7,12-14H,2,8-10H2,1H3. The fourth-order valence-electron chi connectivity index (χ4n) is 2.15. The monoisotopic (exact) mass is 253 g/mol. The van der Waals surface area contributed by atoms with Gasteiger partial charge in [-0.25, -0.2) is 0 Å². The summed E-state index contributed by atoms with van der Waals surface area (Å²) in [6.07, 6.45) is 0.942. The van der Waals surface area contributed by atoms with Crippen LogP contribution >= 0.6 is 0 Å². The maximum Gasteiger partial charge on any atom is 0.0782 e. The highest BCUT2D eigenvalue weighted by atomic mass is 32.2. The fraction of sp³-hybridized carbons (Fsp3) is 0.538. The van der Waals surface area contributed by atoms with Gasteiger partial charge in [-0.2, -0.15) is 0 Å². The van der Waals surface area contributed by atoms with E-state index in [1.807, 2.05) is 30.3 Å². The van der Waals surface area contributed by atoms with Gasteiger partial charge in [0.1, 0.15) is 0 Å². The Morgan fingerprint density at radius 1 is 1.41 bits per heavy atom. The molecule has 0 bridgehead atoms. The third kappa shape index (κ3) is 3.15. The first-order valence-corrected chi connectivity index (χ1v) is 7.31. The first-order valence-electron chi connectivity index (χ1n) is 6.09. The van der Waals surface area contributed by atoms with E-state index in [4.69, 9.17) is 4.74 Å². The van der Waals surface area contributed by atoms with E-state index in [2.05, 4.69) is 12.2 Å². The van der Waals surface area contributed by atoms with E-state index in [-0.39, 0.29) is 5.25 Å². The maximum atomic E-state index is 12.5. The Hall–Kier alpha value is -0.710. The Balaban J connectivity index is 2.11. The van der Waals surface area contributed by atoms with Gasteiger partial charge in [0.2, 0.25) is 0 Å². The lowest BCUT2D eigenvalue weighted by molar-refractivity contribution is 0.0824. The molecule has 1 aliphatic rings. The predicted octanol–water partition coefficient (Wildman–Crippen LogP) is 1.56. The summed E-state index contributed by atoms with van der Waals surface area (Å²) in [7, 11) is -0.989. The largest absolute Gasteiger partial charge is 0.380 e. The average molecular weight is 253 g/mol. The summed E-state index contributed by atoms with van der Waals surface area (Å²) in [5.74, 6) is 0. The van der Waals surface area contributed by atoms with Gasteiger partial charge in [-0.15, -0.1) is 0 Å². The van der Waals surface area contributed by atoms with Crippen LogP contribution in [0.4, 0.5) is 0 Å². The van der Waals surface area contributed by atoms with Crippen LogP contribution in [0.25, 0.3) is 0 Å². The smallest absolute Gasteiger partial charge is 0.0782 e. The molecular weight excluding hydrogens is 234 g/mol. The van der Waals surface area contributed by atoms with Gasteiger partial charge in [0.15, 0.2) is 0 Å². The second-order valence-electron chi connectivity index (χ2n) is 4.18. The maximum absolute atomic E-state index is 12.5. The molecule has 1 aromatic rings. The Bertz CT molecular complexity index is 367. The number of hydrogen-bond donors (Lipinski definition) is 1. The molecule has 0 amide bonds. The third-order valence-corrected chi connectivity index (χ3v) is 4.77. The molecule has 2 rings (SSSR count). The van der Waals surface area contributed by atoms with Gasteiger partial charge in [0, 0.05) is 17.5 Å². The molecule has 0 aliphatic carbocycles. The van der Waals surface area contributed by atoms with Crippen LogP contribution < -0.4 is 5.32 Å². The van der Waals surface area contributed by atoms with Crippen molar-refractivity contribution in [3.8, 4) is 0 Å². The van der Waals surface area contributed by atoms with Crippen molar-refractivity contribution in [2.45, 2.75) is 29.5 Å². The summed E-state index contributed by atoms with van der Waals surface area (Å²) in [5, 5.41) is 3.47. The SMILES string of the molecule is CCNC1CCOCC1S(=O)c1ccccc1. The molecule has 94 valence electrons. The molecule has 0 spiro atoms. The lowest BCUT2D eigenvalue weighted by Gasteiger charge is -2.31. The Labute approximate surface area is 105 Å². The van der Waals surface area contributed by atoms with Crippen LogP contribution in [0.15, 0.2) is 35.2 Å². The van der Waals surface area contributed by atoms with Crippen molar-refractivity contribution in [3.05, 3.63) is 30.3 Å². The van der Waals surface area contributed by atoms with Gasteiger partial charge < -0.3 is 10.1 Å². The number of nitrogens with one attached hydrogen (secondary N) is 1. The van der Waals surface area contributed by atoms with Gasteiger partial charge in [-0.05, 0) is 25.1 Å². The molecule has 0 radical (unpaired) electrons. The minimum atomic E-state index is -0.989. The molecule has 1 aromatic carbocycles. The van der Waals surface area contributed by atoms with Gasteiger partial charge in [0.25, 0.3) is 0 Å². The molecule has 3 unspecified atom stereocenters. The minimum Gasteiger partial charge on any atom is -0.380 e. The zero-order valence-corrected chi connectivity index (χ0v) is 10.9. The Morgan fingerprint density at radius 3 is 2.88 bits per heavy atom. The van der Waals surface area contributed by atoms with Crippen LogP contribution in [0.2, 0.25) is 0 Å². The molecule has 0 saturated carbocycles. The van der Waals surface area contributed by atoms with E-state index < -0.39 is 10.8 Å². The topological polar surface area (TPSA) is 38.3 Å². The molecule has 4 heteroatoms. The molecule has 1 heterocycles. The predicted molar refractivity (Wildman–Crippen MR) is 69.5 cm³/mol. The van der Waals surface area contributed by atoms with Crippen LogP contribution in [0, 0.1) is 0 Å². The van der Waals surface area contributed by atoms with Crippen LogP contribution in [0.1, 0.15) is 13.3 Å². The van der Waals surface area contributed by atoms with Crippen molar-refractivity contribution in [3.63, 3.8) is 0 Å². The van der Waals surface area contributed by atoms with E-state index in [9.17, 15) is 4.21 Å². The lowest BCUT2D eigenvalue weighted by Crippen LogP contribution is -2.48. The number of rotatable bonds is 4. The molecule has 17 heavy (non-hydrogen) atoms. The van der Waals surface area contributed by atoms with Gasteiger partial charge in [-0.3, -0.25) is 4.21 Å². The summed E-state index contributed by atoms with van der Waals surface area (Å²) < 4.78 is 17.9. The van der Waals surface area contributed by atoms with Crippen LogP contribution in [-0.4, -0.2) is 35.3 Å². The lowest BCUT2D eigenvalue weighted by atomic mass is 10.1. The molecule has 1 fully saturated rings. The average Bonchev–Trinajstić information content (AvgIpc) is 2.40. The molecule has 1 N–H and O–H groups in total. The van der Waals surface area contributed by atoms with Gasteiger partial charge >= 0.3 is 0 Å². The number of benzene rings is 1.